The molecule has 6 heteroatoms. The van der Waals surface area contributed by atoms with Crippen LogP contribution in [0.4, 0.5) is 11.4 Å². The third-order valence-corrected chi connectivity index (χ3v) is 7.26. The molecule has 2 aromatic rings. The van der Waals surface area contributed by atoms with Gasteiger partial charge in [0.1, 0.15) is 5.75 Å². The van der Waals surface area contributed by atoms with E-state index in [9.17, 15) is 14.4 Å². The highest BCUT2D eigenvalue weighted by Gasteiger charge is 2.54. The number of carbonyl (C=O) groups is 3. The summed E-state index contributed by atoms with van der Waals surface area (Å²) >= 11 is 0. The Morgan fingerprint density at radius 1 is 0.844 bits per heavy atom. The summed E-state index contributed by atoms with van der Waals surface area (Å²) in [6.45, 7) is 1.32. The Morgan fingerprint density at radius 3 is 2.06 bits per heavy atom. The smallest absolute Gasteiger partial charge is 0.308 e. The molecule has 0 heterocycles. The number of hydrogen-bond donors (Lipinski definition) is 2. The van der Waals surface area contributed by atoms with Crippen molar-refractivity contribution in [1.82, 2.24) is 0 Å². The number of hydrogen-bond acceptors (Lipinski definition) is 4. The van der Waals surface area contributed by atoms with Gasteiger partial charge in [-0.15, -0.1) is 0 Å². The summed E-state index contributed by atoms with van der Waals surface area (Å²) in [4.78, 5) is 37.1. The highest BCUT2D eigenvalue weighted by atomic mass is 16.5. The summed E-state index contributed by atoms with van der Waals surface area (Å²) in [5.41, 5.74) is 1.45. The summed E-state index contributed by atoms with van der Waals surface area (Å²) in [6, 6.07) is 13.7. The van der Waals surface area contributed by atoms with Crippen molar-refractivity contribution in [1.29, 1.82) is 0 Å². The van der Waals surface area contributed by atoms with Gasteiger partial charge in [-0.25, -0.2) is 0 Å². The molecule has 4 aliphatic rings. The summed E-state index contributed by atoms with van der Waals surface area (Å²) in [6.07, 6.45) is 6.94. The summed E-state index contributed by atoms with van der Waals surface area (Å²) in [5.74, 6) is 1.82. The van der Waals surface area contributed by atoms with Crippen LogP contribution in [0.1, 0.15) is 55.8 Å². The summed E-state index contributed by atoms with van der Waals surface area (Å²) < 4.78 is 5.05. The van der Waals surface area contributed by atoms with Crippen molar-refractivity contribution in [2.24, 2.45) is 23.2 Å². The number of carbonyl (C=O) groups excluding carboxylic acids is 3. The van der Waals surface area contributed by atoms with Crippen molar-refractivity contribution in [2.45, 2.75) is 45.4 Å². The van der Waals surface area contributed by atoms with E-state index in [0.717, 1.165) is 19.3 Å². The van der Waals surface area contributed by atoms with E-state index < -0.39 is 5.97 Å². The van der Waals surface area contributed by atoms with Crippen LogP contribution in [0.25, 0.3) is 0 Å². The predicted octanol–water partition coefficient (Wildman–Crippen LogP) is 5.02. The quantitative estimate of drug-likeness (QED) is 0.513. The lowest BCUT2D eigenvalue weighted by atomic mass is 9.49. The van der Waals surface area contributed by atoms with Crippen molar-refractivity contribution < 1.29 is 19.1 Å². The molecule has 4 aliphatic carbocycles. The molecule has 0 radical (unpaired) electrons. The zero-order valence-electron chi connectivity index (χ0n) is 18.2. The van der Waals surface area contributed by atoms with Crippen molar-refractivity contribution >= 4 is 29.2 Å². The number of benzene rings is 2. The zero-order chi connectivity index (χ0) is 22.3. The Kier molecular flexibility index (Phi) is 5.24. The van der Waals surface area contributed by atoms with Gasteiger partial charge in [0.2, 0.25) is 5.91 Å². The number of anilines is 2. The number of nitrogens with one attached hydrogen (secondary N) is 2. The summed E-state index contributed by atoms with van der Waals surface area (Å²) in [7, 11) is 0. The normalized spacial score (nSPS) is 27.6. The first-order valence-electron chi connectivity index (χ1n) is 11.4. The molecule has 2 N–H and O–H groups in total. The van der Waals surface area contributed by atoms with Gasteiger partial charge in [0.25, 0.3) is 5.91 Å². The van der Waals surface area contributed by atoms with Gasteiger partial charge in [-0.3, -0.25) is 14.4 Å². The van der Waals surface area contributed by atoms with Crippen LogP contribution in [0.5, 0.6) is 5.75 Å². The van der Waals surface area contributed by atoms with E-state index in [1.165, 1.54) is 32.3 Å². The average molecular weight is 433 g/mol. The monoisotopic (exact) mass is 432 g/mol. The molecule has 0 aromatic heterocycles. The van der Waals surface area contributed by atoms with E-state index in [1.54, 1.807) is 30.3 Å². The molecule has 4 saturated carbocycles. The van der Waals surface area contributed by atoms with Crippen molar-refractivity contribution in [3.05, 3.63) is 54.1 Å². The van der Waals surface area contributed by atoms with E-state index in [-0.39, 0.29) is 17.2 Å². The lowest BCUT2D eigenvalue weighted by molar-refractivity contribution is -0.140. The van der Waals surface area contributed by atoms with E-state index in [4.69, 9.17) is 4.74 Å². The maximum atomic E-state index is 13.3. The van der Waals surface area contributed by atoms with Crippen LogP contribution in [-0.4, -0.2) is 17.8 Å². The molecule has 0 spiro atoms. The molecule has 0 aliphatic heterocycles. The van der Waals surface area contributed by atoms with Gasteiger partial charge in [-0.05, 0) is 92.7 Å². The van der Waals surface area contributed by atoms with Crippen LogP contribution in [0, 0.1) is 23.2 Å². The van der Waals surface area contributed by atoms with E-state index in [2.05, 4.69) is 10.6 Å². The van der Waals surface area contributed by atoms with Crippen LogP contribution in [-0.2, 0) is 9.59 Å². The molecule has 166 valence electrons. The van der Waals surface area contributed by atoms with Crippen LogP contribution < -0.4 is 15.4 Å². The first-order chi connectivity index (χ1) is 15.4. The molecule has 4 fully saturated rings. The fraction of sp³-hybridized carbons (Fsp3) is 0.423. The van der Waals surface area contributed by atoms with Gasteiger partial charge >= 0.3 is 5.97 Å². The Bertz CT molecular complexity index is 1040. The molecule has 0 saturated heterocycles. The van der Waals surface area contributed by atoms with Gasteiger partial charge in [0.05, 0.1) is 5.41 Å². The highest BCUT2D eigenvalue weighted by Crippen LogP contribution is 2.60. The number of ether oxygens (including phenoxy) is 1. The molecule has 6 nitrogen and oxygen atoms in total. The topological polar surface area (TPSA) is 84.5 Å². The van der Waals surface area contributed by atoms with Gasteiger partial charge < -0.3 is 15.4 Å². The standard InChI is InChI=1S/C26H28N2O4/c1-16(29)32-23-7-2-4-20(11-23)24(30)27-21-5-3-6-22(12-21)28-25(31)26-13-17-8-18(14-26)10-19(9-17)15-26/h2-7,11-12,17-19H,8-10,13-15H2,1H3,(H,27,30)(H,28,31). The lowest BCUT2D eigenvalue weighted by Gasteiger charge is -2.55. The second-order valence-electron chi connectivity index (χ2n) is 9.81. The van der Waals surface area contributed by atoms with Gasteiger partial charge in [-0.2, -0.15) is 0 Å². The molecule has 0 atom stereocenters. The largest absolute Gasteiger partial charge is 0.427 e. The SMILES string of the molecule is CC(=O)Oc1cccc(C(=O)Nc2cccc(NC(=O)C34CC5CC(CC(C5)C3)C4)c2)c1. The zero-order valence-corrected chi connectivity index (χ0v) is 18.2. The lowest BCUT2D eigenvalue weighted by Crippen LogP contribution is -2.51. The van der Waals surface area contributed by atoms with Crippen molar-refractivity contribution in [3.8, 4) is 5.75 Å². The van der Waals surface area contributed by atoms with Gasteiger partial charge in [0, 0.05) is 23.9 Å². The molecule has 0 unspecified atom stereocenters. The Balaban J connectivity index is 1.26. The first kappa shape index (κ1) is 20.7. The van der Waals surface area contributed by atoms with E-state index in [1.807, 2.05) is 12.1 Å². The second kappa shape index (κ2) is 8.08. The van der Waals surface area contributed by atoms with E-state index in [0.29, 0.717) is 40.4 Å². The predicted molar refractivity (Wildman–Crippen MR) is 121 cm³/mol. The fourth-order valence-electron chi connectivity index (χ4n) is 6.40. The van der Waals surface area contributed by atoms with Crippen LogP contribution in [0.15, 0.2) is 48.5 Å². The fourth-order valence-corrected chi connectivity index (χ4v) is 6.40. The second-order valence-corrected chi connectivity index (χ2v) is 9.81. The third-order valence-electron chi connectivity index (χ3n) is 7.26. The average Bonchev–Trinajstić information content (AvgIpc) is 2.73. The number of esters is 1. The van der Waals surface area contributed by atoms with Crippen LogP contribution >= 0.6 is 0 Å². The maximum absolute atomic E-state index is 13.3. The maximum Gasteiger partial charge on any atom is 0.308 e. The molecule has 4 bridgehead atoms. The van der Waals surface area contributed by atoms with Crippen molar-refractivity contribution in [3.63, 3.8) is 0 Å². The molecular formula is C26H28N2O4. The Morgan fingerprint density at radius 2 is 1.44 bits per heavy atom. The number of amides is 2. The molecule has 32 heavy (non-hydrogen) atoms. The molecular weight excluding hydrogens is 404 g/mol. The number of rotatable bonds is 5. The highest BCUT2D eigenvalue weighted by molar-refractivity contribution is 6.05. The minimum atomic E-state index is -0.440. The summed E-state index contributed by atoms with van der Waals surface area (Å²) in [5, 5.41) is 5.99. The molecule has 6 rings (SSSR count). The van der Waals surface area contributed by atoms with Gasteiger partial charge in [0.15, 0.2) is 0 Å². The van der Waals surface area contributed by atoms with Crippen LogP contribution in [0.3, 0.4) is 0 Å². The molecule has 2 amide bonds. The van der Waals surface area contributed by atoms with Crippen molar-refractivity contribution in [2.75, 3.05) is 10.6 Å². The third kappa shape index (κ3) is 4.14. The first-order valence-corrected chi connectivity index (χ1v) is 11.4. The van der Waals surface area contributed by atoms with E-state index >= 15 is 0 Å². The minimum Gasteiger partial charge on any atom is -0.427 e. The Labute approximate surface area is 187 Å². The molecule has 2 aromatic carbocycles. The Hall–Kier alpha value is -3.15. The van der Waals surface area contributed by atoms with Gasteiger partial charge in [-0.1, -0.05) is 12.1 Å². The van der Waals surface area contributed by atoms with Crippen LogP contribution in [0.2, 0.25) is 0 Å². The minimum absolute atomic E-state index is 0.133.